The van der Waals surface area contributed by atoms with Crippen LogP contribution in [0.5, 0.6) is 5.75 Å². The van der Waals surface area contributed by atoms with Gasteiger partial charge in [-0.15, -0.1) is 0 Å². The first kappa shape index (κ1) is 23.1. The topological polar surface area (TPSA) is 42.4 Å². The molecule has 0 N–H and O–H groups in total. The molecule has 0 saturated carbocycles. The van der Waals surface area contributed by atoms with Gasteiger partial charge in [0.05, 0.1) is 6.54 Å². The highest BCUT2D eigenvalue weighted by Gasteiger charge is 2.33. The highest BCUT2D eigenvalue weighted by atomic mass is 19.4. The van der Waals surface area contributed by atoms with Crippen molar-refractivity contribution in [1.29, 1.82) is 0 Å². The Morgan fingerprint density at radius 2 is 1.84 bits per heavy atom. The number of ether oxygens (including phenoxy) is 1. The number of aromatic nitrogens is 1. The van der Waals surface area contributed by atoms with E-state index in [4.69, 9.17) is 4.74 Å². The number of carbonyl (C=O) groups excluding carboxylic acids is 1. The van der Waals surface area contributed by atoms with Gasteiger partial charge < -0.3 is 9.64 Å². The van der Waals surface area contributed by atoms with Crippen LogP contribution in [0.2, 0.25) is 0 Å². The number of alkyl halides is 3. The largest absolute Gasteiger partial charge is 0.489 e. The standard InChI is InChI=1S/C24H29F3N2O2/c1-16(14-21(30)23(2,3)4)17-8-10-18(11-9-17)31-19-12-13-29(15-19)22-7-5-6-20(28-22)24(25,26)27/h5-11,16,19H,12-15H2,1-4H3/t16-,19?/m1/s1. The quantitative estimate of drug-likeness (QED) is 0.571. The molecule has 1 aliphatic heterocycles. The van der Waals surface area contributed by atoms with Crippen molar-refractivity contribution in [1.82, 2.24) is 4.98 Å². The summed E-state index contributed by atoms with van der Waals surface area (Å²) >= 11 is 0. The van der Waals surface area contributed by atoms with Crippen molar-refractivity contribution in [3.05, 3.63) is 53.7 Å². The van der Waals surface area contributed by atoms with E-state index < -0.39 is 11.9 Å². The van der Waals surface area contributed by atoms with Gasteiger partial charge in [-0.25, -0.2) is 4.98 Å². The van der Waals surface area contributed by atoms with Crippen molar-refractivity contribution >= 4 is 11.6 Å². The summed E-state index contributed by atoms with van der Waals surface area (Å²) in [7, 11) is 0. The van der Waals surface area contributed by atoms with E-state index in [2.05, 4.69) is 4.98 Å². The van der Waals surface area contributed by atoms with Crippen LogP contribution in [0.25, 0.3) is 0 Å². The molecule has 168 valence electrons. The van der Waals surface area contributed by atoms with E-state index in [9.17, 15) is 18.0 Å². The summed E-state index contributed by atoms with van der Waals surface area (Å²) < 4.78 is 44.8. The minimum atomic E-state index is -4.46. The number of halogens is 3. The van der Waals surface area contributed by atoms with Crippen LogP contribution in [0, 0.1) is 5.41 Å². The van der Waals surface area contributed by atoms with E-state index in [0.29, 0.717) is 37.5 Å². The second kappa shape index (κ2) is 8.89. The van der Waals surface area contributed by atoms with Gasteiger partial charge in [0.2, 0.25) is 0 Å². The second-order valence-corrected chi connectivity index (χ2v) is 9.20. The fraction of sp³-hybridized carbons (Fsp3) is 0.500. The molecule has 2 heterocycles. The minimum absolute atomic E-state index is 0.120. The molecule has 2 atom stereocenters. The molecule has 0 spiro atoms. The molecule has 3 rings (SSSR count). The number of rotatable bonds is 6. The average Bonchev–Trinajstić information content (AvgIpc) is 3.15. The van der Waals surface area contributed by atoms with Crippen LogP contribution in [0.4, 0.5) is 19.0 Å². The molecule has 1 aromatic carbocycles. The van der Waals surface area contributed by atoms with Crippen molar-refractivity contribution in [2.45, 2.75) is 58.7 Å². The summed E-state index contributed by atoms with van der Waals surface area (Å²) in [6.07, 6.45) is -3.38. The predicted molar refractivity (Wildman–Crippen MR) is 114 cm³/mol. The first-order valence-corrected chi connectivity index (χ1v) is 10.5. The molecule has 1 fully saturated rings. The predicted octanol–water partition coefficient (Wildman–Crippen LogP) is 5.87. The zero-order valence-corrected chi connectivity index (χ0v) is 18.4. The van der Waals surface area contributed by atoms with Crippen LogP contribution >= 0.6 is 0 Å². The molecular weight excluding hydrogens is 405 g/mol. The first-order valence-electron chi connectivity index (χ1n) is 10.5. The van der Waals surface area contributed by atoms with Gasteiger partial charge in [0.25, 0.3) is 0 Å². The van der Waals surface area contributed by atoms with Gasteiger partial charge in [-0.2, -0.15) is 13.2 Å². The number of hydrogen-bond acceptors (Lipinski definition) is 4. The number of ketones is 1. The van der Waals surface area contributed by atoms with Crippen LogP contribution < -0.4 is 9.64 Å². The third-order valence-corrected chi connectivity index (χ3v) is 5.57. The summed E-state index contributed by atoms with van der Waals surface area (Å²) in [5, 5.41) is 0. The Labute approximate surface area is 181 Å². The van der Waals surface area contributed by atoms with E-state index in [1.165, 1.54) is 6.07 Å². The Kier molecular flexibility index (Phi) is 6.62. The number of pyridine rings is 1. The maximum absolute atomic E-state index is 12.9. The van der Waals surface area contributed by atoms with Gasteiger partial charge >= 0.3 is 6.18 Å². The fourth-order valence-corrected chi connectivity index (χ4v) is 3.56. The van der Waals surface area contributed by atoms with Crippen molar-refractivity contribution in [3.63, 3.8) is 0 Å². The molecule has 0 amide bonds. The van der Waals surface area contributed by atoms with Crippen LogP contribution in [-0.2, 0) is 11.0 Å². The lowest BCUT2D eigenvalue weighted by Gasteiger charge is -2.21. The zero-order valence-electron chi connectivity index (χ0n) is 18.4. The van der Waals surface area contributed by atoms with Crippen molar-refractivity contribution in [2.75, 3.05) is 18.0 Å². The lowest BCUT2D eigenvalue weighted by molar-refractivity contribution is -0.141. The summed E-state index contributed by atoms with van der Waals surface area (Å²) in [6, 6.07) is 11.7. The Morgan fingerprint density at radius 3 is 2.45 bits per heavy atom. The number of Topliss-reactive ketones (excluding diaryl/α,β-unsaturated/α-hetero) is 1. The van der Waals surface area contributed by atoms with Crippen molar-refractivity contribution in [3.8, 4) is 5.75 Å². The lowest BCUT2D eigenvalue weighted by Crippen LogP contribution is -2.26. The Morgan fingerprint density at radius 1 is 1.16 bits per heavy atom. The average molecular weight is 435 g/mol. The third-order valence-electron chi connectivity index (χ3n) is 5.57. The van der Waals surface area contributed by atoms with Crippen LogP contribution in [-0.4, -0.2) is 30.0 Å². The number of carbonyl (C=O) groups is 1. The van der Waals surface area contributed by atoms with E-state index in [1.54, 1.807) is 6.07 Å². The van der Waals surface area contributed by atoms with Crippen LogP contribution in [0.1, 0.15) is 57.7 Å². The van der Waals surface area contributed by atoms with Crippen molar-refractivity contribution < 1.29 is 22.7 Å². The zero-order chi connectivity index (χ0) is 22.8. The molecule has 4 nitrogen and oxygen atoms in total. The fourth-order valence-electron chi connectivity index (χ4n) is 3.56. The van der Waals surface area contributed by atoms with E-state index >= 15 is 0 Å². The molecule has 1 unspecified atom stereocenters. The maximum Gasteiger partial charge on any atom is 0.433 e. The molecule has 1 aliphatic rings. The molecule has 31 heavy (non-hydrogen) atoms. The Balaban J connectivity index is 1.58. The smallest absolute Gasteiger partial charge is 0.433 e. The summed E-state index contributed by atoms with van der Waals surface area (Å²) in [5.41, 5.74) is -0.157. The van der Waals surface area contributed by atoms with Gasteiger partial charge in [-0.05, 0) is 35.7 Å². The van der Waals surface area contributed by atoms with Crippen molar-refractivity contribution in [2.24, 2.45) is 5.41 Å². The van der Waals surface area contributed by atoms with Gasteiger partial charge in [0.15, 0.2) is 0 Å². The molecule has 7 heteroatoms. The van der Waals surface area contributed by atoms with E-state index in [-0.39, 0.29) is 23.2 Å². The maximum atomic E-state index is 12.9. The number of nitrogens with zero attached hydrogens (tertiary/aromatic N) is 2. The first-order chi connectivity index (χ1) is 14.4. The molecule has 0 radical (unpaired) electrons. The normalized spacial score (nSPS) is 18.2. The highest BCUT2D eigenvalue weighted by Crippen LogP contribution is 2.31. The molecule has 1 aromatic heterocycles. The number of benzene rings is 1. The summed E-state index contributed by atoms with van der Waals surface area (Å²) in [6.45, 7) is 8.89. The minimum Gasteiger partial charge on any atom is -0.489 e. The monoisotopic (exact) mass is 434 g/mol. The summed E-state index contributed by atoms with van der Waals surface area (Å²) in [5.74, 6) is 1.37. The van der Waals surface area contributed by atoms with E-state index in [1.807, 2.05) is 56.9 Å². The van der Waals surface area contributed by atoms with Gasteiger partial charge in [0, 0.05) is 24.8 Å². The second-order valence-electron chi connectivity index (χ2n) is 9.20. The van der Waals surface area contributed by atoms with Gasteiger partial charge in [0.1, 0.15) is 29.1 Å². The van der Waals surface area contributed by atoms with Crippen LogP contribution in [0.15, 0.2) is 42.5 Å². The Hall–Kier alpha value is -2.57. The van der Waals surface area contributed by atoms with Gasteiger partial charge in [-0.1, -0.05) is 45.9 Å². The van der Waals surface area contributed by atoms with E-state index in [0.717, 1.165) is 11.6 Å². The number of hydrogen-bond donors (Lipinski definition) is 0. The van der Waals surface area contributed by atoms with Crippen LogP contribution in [0.3, 0.4) is 0 Å². The number of anilines is 1. The highest BCUT2D eigenvalue weighted by molar-refractivity contribution is 5.84. The SMILES string of the molecule is C[C@H](CC(=O)C(C)(C)C)c1ccc(OC2CCN(c3cccc(C(F)(F)F)n3)C2)cc1. The summed E-state index contributed by atoms with van der Waals surface area (Å²) in [4.78, 5) is 17.8. The molecule has 0 aliphatic carbocycles. The third kappa shape index (κ3) is 5.99. The molecular formula is C24H29F3N2O2. The Bertz CT molecular complexity index is 904. The molecule has 2 aromatic rings. The van der Waals surface area contributed by atoms with Gasteiger partial charge in [-0.3, -0.25) is 4.79 Å². The molecule has 1 saturated heterocycles. The molecule has 0 bridgehead atoms. The lowest BCUT2D eigenvalue weighted by atomic mass is 9.84.